The number of pyridine rings is 1. The highest BCUT2D eigenvalue weighted by Crippen LogP contribution is 2.16. The number of thioether (sulfide) groups is 1. The van der Waals surface area contributed by atoms with E-state index in [9.17, 15) is 4.79 Å². The van der Waals surface area contributed by atoms with Crippen molar-refractivity contribution in [3.63, 3.8) is 0 Å². The molecular weight excluding hydrogens is 230 g/mol. The van der Waals surface area contributed by atoms with Gasteiger partial charge in [0.25, 0.3) is 0 Å². The second-order valence-corrected chi connectivity index (χ2v) is 4.63. The first-order valence-electron chi connectivity index (χ1n) is 5.32. The van der Waals surface area contributed by atoms with Crippen LogP contribution >= 0.6 is 11.8 Å². The molecule has 2 aromatic rings. The predicted octanol–water partition coefficient (Wildman–Crippen LogP) is 3.34. The normalized spacial score (nSPS) is 10.2. The van der Waals surface area contributed by atoms with E-state index in [0.29, 0.717) is 11.1 Å². The van der Waals surface area contributed by atoms with Gasteiger partial charge in [0.15, 0.2) is 5.78 Å². The standard InChI is InChI=1S/C14H13NOS/c1-10-3-4-12(9-15-10)14(16)11-5-7-13(17-2)8-6-11/h3-9H,1-2H3. The molecule has 0 radical (unpaired) electrons. The predicted molar refractivity (Wildman–Crippen MR) is 70.6 cm³/mol. The van der Waals surface area contributed by atoms with Crippen LogP contribution in [0.15, 0.2) is 47.5 Å². The Labute approximate surface area is 105 Å². The molecule has 0 unspecified atom stereocenters. The lowest BCUT2D eigenvalue weighted by atomic mass is 10.1. The van der Waals surface area contributed by atoms with Crippen molar-refractivity contribution in [2.24, 2.45) is 0 Å². The molecule has 0 aliphatic heterocycles. The quantitative estimate of drug-likeness (QED) is 0.611. The van der Waals surface area contributed by atoms with Crippen LogP contribution in [0.2, 0.25) is 0 Å². The summed E-state index contributed by atoms with van der Waals surface area (Å²) in [6.07, 6.45) is 3.64. The average molecular weight is 243 g/mol. The molecule has 1 heterocycles. The topological polar surface area (TPSA) is 30.0 Å². The molecule has 0 bridgehead atoms. The van der Waals surface area contributed by atoms with E-state index in [0.717, 1.165) is 10.6 Å². The minimum absolute atomic E-state index is 0.0187. The van der Waals surface area contributed by atoms with Gasteiger partial charge in [0.05, 0.1) is 0 Å². The van der Waals surface area contributed by atoms with Crippen molar-refractivity contribution in [1.29, 1.82) is 0 Å². The fraction of sp³-hybridized carbons (Fsp3) is 0.143. The Balaban J connectivity index is 2.27. The molecule has 0 aliphatic carbocycles. The number of hydrogen-bond donors (Lipinski definition) is 0. The van der Waals surface area contributed by atoms with Crippen molar-refractivity contribution in [1.82, 2.24) is 4.98 Å². The summed E-state index contributed by atoms with van der Waals surface area (Å²) in [6, 6.07) is 11.3. The van der Waals surface area contributed by atoms with E-state index in [4.69, 9.17) is 0 Å². The molecule has 2 nitrogen and oxygen atoms in total. The van der Waals surface area contributed by atoms with Gasteiger partial charge in [-0.15, -0.1) is 11.8 Å². The fourth-order valence-electron chi connectivity index (χ4n) is 1.51. The second kappa shape index (κ2) is 5.15. The Hall–Kier alpha value is -1.61. The van der Waals surface area contributed by atoms with Crippen LogP contribution in [0.1, 0.15) is 21.6 Å². The molecule has 0 fully saturated rings. The Morgan fingerprint density at radius 2 is 1.71 bits per heavy atom. The first-order chi connectivity index (χ1) is 8.20. The summed E-state index contributed by atoms with van der Waals surface area (Å²) in [6.45, 7) is 1.90. The third-order valence-corrected chi connectivity index (χ3v) is 3.27. The van der Waals surface area contributed by atoms with Crippen molar-refractivity contribution in [3.8, 4) is 0 Å². The molecule has 0 saturated heterocycles. The first-order valence-corrected chi connectivity index (χ1v) is 6.54. The first kappa shape index (κ1) is 11.9. The number of aryl methyl sites for hydroxylation is 1. The smallest absolute Gasteiger partial charge is 0.194 e. The maximum Gasteiger partial charge on any atom is 0.194 e. The summed E-state index contributed by atoms with van der Waals surface area (Å²) in [7, 11) is 0. The van der Waals surface area contributed by atoms with E-state index in [2.05, 4.69) is 4.98 Å². The minimum Gasteiger partial charge on any atom is -0.289 e. The van der Waals surface area contributed by atoms with Crippen LogP contribution in [0, 0.1) is 6.92 Å². The van der Waals surface area contributed by atoms with Gasteiger partial charge < -0.3 is 0 Å². The largest absolute Gasteiger partial charge is 0.289 e. The average Bonchev–Trinajstić information content (AvgIpc) is 2.39. The van der Waals surface area contributed by atoms with Crippen molar-refractivity contribution >= 4 is 17.5 Å². The Kier molecular flexibility index (Phi) is 3.59. The van der Waals surface area contributed by atoms with E-state index in [1.807, 2.05) is 49.6 Å². The zero-order chi connectivity index (χ0) is 12.3. The number of rotatable bonds is 3. The lowest BCUT2D eigenvalue weighted by Gasteiger charge is -2.02. The summed E-state index contributed by atoms with van der Waals surface area (Å²) >= 11 is 1.66. The molecule has 86 valence electrons. The van der Waals surface area contributed by atoms with Crippen molar-refractivity contribution in [2.45, 2.75) is 11.8 Å². The summed E-state index contributed by atoms with van der Waals surface area (Å²) < 4.78 is 0. The van der Waals surface area contributed by atoms with Crippen molar-refractivity contribution in [3.05, 3.63) is 59.4 Å². The van der Waals surface area contributed by atoms with Crippen molar-refractivity contribution < 1.29 is 4.79 Å². The van der Waals surface area contributed by atoms with Gasteiger partial charge in [-0.25, -0.2) is 0 Å². The Morgan fingerprint density at radius 1 is 1.06 bits per heavy atom. The molecule has 0 N–H and O–H groups in total. The number of carbonyl (C=O) groups excluding carboxylic acids is 1. The molecule has 0 spiro atoms. The van der Waals surface area contributed by atoms with Gasteiger partial charge >= 0.3 is 0 Å². The van der Waals surface area contributed by atoms with E-state index in [1.54, 1.807) is 18.0 Å². The van der Waals surface area contributed by atoms with Gasteiger partial charge in [-0.3, -0.25) is 9.78 Å². The molecule has 2 rings (SSSR count). The maximum atomic E-state index is 12.1. The van der Waals surface area contributed by atoms with Crippen LogP contribution in [-0.2, 0) is 0 Å². The van der Waals surface area contributed by atoms with Crippen LogP contribution in [0.25, 0.3) is 0 Å². The number of ketones is 1. The molecule has 0 saturated carbocycles. The highest BCUT2D eigenvalue weighted by molar-refractivity contribution is 7.98. The molecule has 0 aliphatic rings. The van der Waals surface area contributed by atoms with E-state index >= 15 is 0 Å². The van der Waals surface area contributed by atoms with Gasteiger partial charge in [0.1, 0.15) is 0 Å². The molecule has 0 amide bonds. The van der Waals surface area contributed by atoms with E-state index in [1.165, 1.54) is 0 Å². The lowest BCUT2D eigenvalue weighted by Crippen LogP contribution is -2.01. The fourth-order valence-corrected chi connectivity index (χ4v) is 1.92. The number of carbonyl (C=O) groups is 1. The number of nitrogens with zero attached hydrogens (tertiary/aromatic N) is 1. The van der Waals surface area contributed by atoms with Crippen LogP contribution < -0.4 is 0 Å². The third kappa shape index (κ3) is 2.74. The zero-order valence-electron chi connectivity index (χ0n) is 9.81. The maximum absolute atomic E-state index is 12.1. The van der Waals surface area contributed by atoms with Crippen molar-refractivity contribution in [2.75, 3.05) is 6.26 Å². The lowest BCUT2D eigenvalue weighted by molar-refractivity contribution is 0.103. The third-order valence-electron chi connectivity index (χ3n) is 2.53. The van der Waals surface area contributed by atoms with Crippen LogP contribution in [0.4, 0.5) is 0 Å². The summed E-state index contributed by atoms with van der Waals surface area (Å²) in [5, 5.41) is 0. The summed E-state index contributed by atoms with van der Waals surface area (Å²) in [5.74, 6) is 0.0187. The van der Waals surface area contributed by atoms with Crippen LogP contribution in [0.3, 0.4) is 0 Å². The monoisotopic (exact) mass is 243 g/mol. The highest BCUT2D eigenvalue weighted by Gasteiger charge is 2.08. The summed E-state index contributed by atoms with van der Waals surface area (Å²) in [5.41, 5.74) is 2.25. The molecule has 1 aromatic carbocycles. The second-order valence-electron chi connectivity index (χ2n) is 3.75. The Morgan fingerprint density at radius 3 is 2.24 bits per heavy atom. The molecule has 17 heavy (non-hydrogen) atoms. The SMILES string of the molecule is CSc1ccc(C(=O)c2ccc(C)nc2)cc1. The molecule has 0 atom stereocenters. The van der Waals surface area contributed by atoms with E-state index < -0.39 is 0 Å². The number of aromatic nitrogens is 1. The van der Waals surface area contributed by atoms with Gasteiger partial charge in [-0.1, -0.05) is 0 Å². The number of benzene rings is 1. The zero-order valence-corrected chi connectivity index (χ0v) is 10.6. The molecule has 3 heteroatoms. The minimum atomic E-state index is 0.0187. The number of hydrogen-bond acceptors (Lipinski definition) is 3. The van der Waals surface area contributed by atoms with Gasteiger partial charge in [-0.05, 0) is 49.6 Å². The van der Waals surface area contributed by atoms with Crippen LogP contribution in [0.5, 0.6) is 0 Å². The van der Waals surface area contributed by atoms with Gasteiger partial charge in [0.2, 0.25) is 0 Å². The van der Waals surface area contributed by atoms with Gasteiger partial charge in [0, 0.05) is 27.9 Å². The highest BCUT2D eigenvalue weighted by atomic mass is 32.2. The Bertz CT molecular complexity index is 517. The molecular formula is C14H13NOS. The van der Waals surface area contributed by atoms with E-state index in [-0.39, 0.29) is 5.78 Å². The van der Waals surface area contributed by atoms with Gasteiger partial charge in [-0.2, -0.15) is 0 Å². The molecule has 1 aromatic heterocycles. The summed E-state index contributed by atoms with van der Waals surface area (Å²) in [4.78, 5) is 17.4. The van der Waals surface area contributed by atoms with Crippen LogP contribution in [-0.4, -0.2) is 17.0 Å².